The van der Waals surface area contributed by atoms with Crippen LogP contribution in [0.15, 0.2) is 4.42 Å². The molecule has 0 radical (unpaired) electrons. The van der Waals surface area contributed by atoms with Gasteiger partial charge < -0.3 is 4.42 Å². The van der Waals surface area contributed by atoms with E-state index >= 15 is 0 Å². The Kier molecular flexibility index (Phi) is 3.00. The fraction of sp³-hybridized carbons (Fsp3) is 0.625. The summed E-state index contributed by atoms with van der Waals surface area (Å²) in [5, 5.41) is 9.75. The molecule has 0 aliphatic heterocycles. The highest BCUT2D eigenvalue weighted by atomic mass is 16.4. The summed E-state index contributed by atoms with van der Waals surface area (Å²) in [5.41, 5.74) is 0. The van der Waals surface area contributed by atoms with Crippen molar-refractivity contribution >= 4 is 11.9 Å². The van der Waals surface area contributed by atoms with Gasteiger partial charge in [0.25, 0.3) is 0 Å². The van der Waals surface area contributed by atoms with E-state index in [1.165, 1.54) is 0 Å². The van der Waals surface area contributed by atoms with Gasteiger partial charge in [-0.15, -0.1) is 5.10 Å². The van der Waals surface area contributed by atoms with Crippen LogP contribution in [0.1, 0.15) is 26.2 Å². The third kappa shape index (κ3) is 3.23. The summed E-state index contributed by atoms with van der Waals surface area (Å²) in [6.45, 7) is 5.61. The SMILES string of the molecule is Cc1nnc(NC(=O)CC(C)C)o1. The van der Waals surface area contributed by atoms with E-state index in [1.807, 2.05) is 13.8 Å². The Hall–Kier alpha value is -1.39. The van der Waals surface area contributed by atoms with E-state index < -0.39 is 0 Å². The Morgan fingerprint density at radius 2 is 2.23 bits per heavy atom. The first kappa shape index (κ1) is 9.70. The predicted octanol–water partition coefficient (Wildman–Crippen LogP) is 1.36. The molecular weight excluding hydrogens is 170 g/mol. The van der Waals surface area contributed by atoms with Crippen LogP contribution in [0.25, 0.3) is 0 Å². The van der Waals surface area contributed by atoms with Crippen LogP contribution in [-0.2, 0) is 4.79 Å². The zero-order valence-corrected chi connectivity index (χ0v) is 8.00. The second-order valence-electron chi connectivity index (χ2n) is 3.27. The highest BCUT2D eigenvalue weighted by molar-refractivity contribution is 5.88. The molecule has 0 aliphatic carbocycles. The maximum atomic E-state index is 11.2. The van der Waals surface area contributed by atoms with Crippen molar-refractivity contribution in [2.75, 3.05) is 5.32 Å². The quantitative estimate of drug-likeness (QED) is 0.768. The van der Waals surface area contributed by atoms with Gasteiger partial charge in [0, 0.05) is 13.3 Å². The lowest BCUT2D eigenvalue weighted by Crippen LogP contribution is -2.13. The largest absolute Gasteiger partial charge is 0.408 e. The lowest BCUT2D eigenvalue weighted by atomic mass is 10.1. The molecule has 0 unspecified atom stereocenters. The number of amides is 1. The second kappa shape index (κ2) is 4.02. The van der Waals surface area contributed by atoms with Crippen LogP contribution < -0.4 is 5.32 Å². The van der Waals surface area contributed by atoms with Crippen molar-refractivity contribution in [2.45, 2.75) is 27.2 Å². The smallest absolute Gasteiger partial charge is 0.322 e. The highest BCUT2D eigenvalue weighted by Crippen LogP contribution is 2.06. The topological polar surface area (TPSA) is 68.0 Å². The molecule has 0 atom stereocenters. The van der Waals surface area contributed by atoms with Gasteiger partial charge in [-0.3, -0.25) is 10.1 Å². The van der Waals surface area contributed by atoms with Gasteiger partial charge in [0.2, 0.25) is 11.8 Å². The molecule has 0 spiro atoms. The van der Waals surface area contributed by atoms with Crippen LogP contribution in [0, 0.1) is 12.8 Å². The molecule has 0 fully saturated rings. The summed E-state index contributed by atoms with van der Waals surface area (Å²) < 4.78 is 4.98. The van der Waals surface area contributed by atoms with Gasteiger partial charge in [-0.05, 0) is 5.92 Å². The van der Waals surface area contributed by atoms with Crippen LogP contribution in [0.2, 0.25) is 0 Å². The molecule has 1 rings (SSSR count). The van der Waals surface area contributed by atoms with Gasteiger partial charge in [0.05, 0.1) is 0 Å². The fourth-order valence-corrected chi connectivity index (χ4v) is 0.888. The molecule has 1 amide bonds. The third-order valence-electron chi connectivity index (χ3n) is 1.37. The number of hydrogen-bond acceptors (Lipinski definition) is 4. The number of nitrogens with one attached hydrogen (secondary N) is 1. The van der Waals surface area contributed by atoms with Crippen molar-refractivity contribution < 1.29 is 9.21 Å². The molecule has 0 aromatic carbocycles. The van der Waals surface area contributed by atoms with Crippen molar-refractivity contribution in [1.29, 1.82) is 0 Å². The zero-order valence-electron chi connectivity index (χ0n) is 8.00. The minimum absolute atomic E-state index is 0.0985. The van der Waals surface area contributed by atoms with Crippen molar-refractivity contribution in [3.63, 3.8) is 0 Å². The van der Waals surface area contributed by atoms with Crippen molar-refractivity contribution in [3.05, 3.63) is 5.89 Å². The molecule has 0 aliphatic rings. The average Bonchev–Trinajstić information content (AvgIpc) is 2.33. The zero-order chi connectivity index (χ0) is 9.84. The van der Waals surface area contributed by atoms with Crippen molar-refractivity contribution in [1.82, 2.24) is 10.2 Å². The van der Waals surface area contributed by atoms with E-state index in [0.29, 0.717) is 18.2 Å². The number of carbonyl (C=O) groups excluding carboxylic acids is 1. The van der Waals surface area contributed by atoms with Gasteiger partial charge in [-0.25, -0.2) is 0 Å². The maximum Gasteiger partial charge on any atom is 0.322 e. The third-order valence-corrected chi connectivity index (χ3v) is 1.37. The van der Waals surface area contributed by atoms with E-state index in [9.17, 15) is 4.79 Å². The van der Waals surface area contributed by atoms with Crippen molar-refractivity contribution in [3.8, 4) is 0 Å². The minimum Gasteiger partial charge on any atom is -0.408 e. The number of aryl methyl sites for hydroxylation is 1. The highest BCUT2D eigenvalue weighted by Gasteiger charge is 2.08. The Balaban J connectivity index is 2.45. The molecule has 1 aromatic rings. The molecular formula is C8H13N3O2. The molecule has 0 saturated heterocycles. The van der Waals surface area contributed by atoms with Crippen LogP contribution in [0.5, 0.6) is 0 Å². The van der Waals surface area contributed by atoms with Gasteiger partial charge in [0.15, 0.2) is 0 Å². The average molecular weight is 183 g/mol. The number of rotatable bonds is 3. The Morgan fingerprint density at radius 1 is 1.54 bits per heavy atom. The number of hydrogen-bond donors (Lipinski definition) is 1. The Bertz CT molecular complexity index is 293. The van der Waals surface area contributed by atoms with Crippen LogP contribution >= 0.6 is 0 Å². The first-order valence-corrected chi connectivity index (χ1v) is 4.18. The minimum atomic E-state index is -0.0985. The summed E-state index contributed by atoms with van der Waals surface area (Å²) in [5.74, 6) is 0.669. The van der Waals surface area contributed by atoms with E-state index in [1.54, 1.807) is 6.92 Å². The van der Waals surface area contributed by atoms with E-state index in [4.69, 9.17) is 4.42 Å². The normalized spacial score (nSPS) is 10.5. The molecule has 0 bridgehead atoms. The van der Waals surface area contributed by atoms with Crippen LogP contribution in [0.4, 0.5) is 6.01 Å². The molecule has 0 saturated carbocycles. The molecule has 5 nitrogen and oxygen atoms in total. The molecule has 1 heterocycles. The van der Waals surface area contributed by atoms with Crippen LogP contribution in [-0.4, -0.2) is 16.1 Å². The standard InChI is InChI=1S/C8H13N3O2/c1-5(2)4-7(12)9-8-11-10-6(3)13-8/h5H,4H2,1-3H3,(H,9,11,12). The monoisotopic (exact) mass is 183 g/mol. The molecule has 72 valence electrons. The van der Waals surface area contributed by atoms with Crippen LogP contribution in [0.3, 0.4) is 0 Å². The van der Waals surface area contributed by atoms with Gasteiger partial charge >= 0.3 is 6.01 Å². The summed E-state index contributed by atoms with van der Waals surface area (Å²) in [7, 11) is 0. The van der Waals surface area contributed by atoms with Crippen molar-refractivity contribution in [2.24, 2.45) is 5.92 Å². The van der Waals surface area contributed by atoms with Gasteiger partial charge in [-0.2, -0.15) is 0 Å². The van der Waals surface area contributed by atoms with E-state index in [2.05, 4.69) is 15.5 Å². The fourth-order valence-electron chi connectivity index (χ4n) is 0.888. The Morgan fingerprint density at radius 3 is 2.69 bits per heavy atom. The summed E-state index contributed by atoms with van der Waals surface area (Å²) in [6.07, 6.45) is 0.460. The Labute approximate surface area is 76.5 Å². The number of nitrogens with zero attached hydrogens (tertiary/aromatic N) is 2. The first-order valence-electron chi connectivity index (χ1n) is 4.18. The molecule has 13 heavy (non-hydrogen) atoms. The maximum absolute atomic E-state index is 11.2. The van der Waals surface area contributed by atoms with E-state index in [-0.39, 0.29) is 11.9 Å². The molecule has 5 heteroatoms. The van der Waals surface area contributed by atoms with Gasteiger partial charge in [0.1, 0.15) is 0 Å². The second-order valence-corrected chi connectivity index (χ2v) is 3.27. The summed E-state index contributed by atoms with van der Waals surface area (Å²) >= 11 is 0. The lowest BCUT2D eigenvalue weighted by Gasteiger charge is -2.02. The number of anilines is 1. The molecule has 1 N–H and O–H groups in total. The lowest BCUT2D eigenvalue weighted by molar-refractivity contribution is -0.117. The number of aromatic nitrogens is 2. The van der Waals surface area contributed by atoms with Gasteiger partial charge in [-0.1, -0.05) is 18.9 Å². The number of carbonyl (C=O) groups is 1. The summed E-state index contributed by atoms with van der Waals surface area (Å²) in [4.78, 5) is 11.2. The summed E-state index contributed by atoms with van der Waals surface area (Å²) in [6, 6.07) is 0.170. The molecule has 1 aromatic heterocycles. The first-order chi connectivity index (χ1) is 6.08. The predicted molar refractivity (Wildman–Crippen MR) is 47.1 cm³/mol. The van der Waals surface area contributed by atoms with E-state index in [0.717, 1.165) is 0 Å².